The molecule has 7 heteroatoms. The topological polar surface area (TPSA) is 54.6 Å². The molecule has 1 aromatic carbocycles. The standard InChI is InChI=1S/C21H17F3N2O2/c1-20(2,19(27)28)17-13-6-4-3-5-12(13)11-15(17)14-7-8-16(21(22,23)24)26-10-9-25-18(14)26/h3-11,17H,1-2H3,(H,27,28). The molecule has 3 aromatic rings. The molecule has 0 aliphatic heterocycles. The molecular weight excluding hydrogens is 369 g/mol. The highest BCUT2D eigenvalue weighted by atomic mass is 19.4. The van der Waals surface area contributed by atoms with Gasteiger partial charge >= 0.3 is 12.1 Å². The van der Waals surface area contributed by atoms with Crippen molar-refractivity contribution in [1.29, 1.82) is 0 Å². The van der Waals surface area contributed by atoms with Crippen molar-refractivity contribution in [1.82, 2.24) is 9.38 Å². The molecule has 0 saturated carbocycles. The number of aromatic nitrogens is 2. The lowest BCUT2D eigenvalue weighted by Gasteiger charge is -2.31. The Hall–Kier alpha value is -3.09. The maximum Gasteiger partial charge on any atom is 0.431 e. The molecule has 0 bridgehead atoms. The van der Waals surface area contributed by atoms with Crippen LogP contribution in [-0.2, 0) is 11.0 Å². The van der Waals surface area contributed by atoms with E-state index in [-0.39, 0.29) is 5.65 Å². The molecule has 1 aliphatic carbocycles. The predicted octanol–water partition coefficient (Wildman–Crippen LogP) is 5.10. The molecule has 1 N–H and O–H groups in total. The fraction of sp³-hybridized carbons (Fsp3) is 0.238. The zero-order valence-corrected chi connectivity index (χ0v) is 15.2. The number of carboxylic acid groups (broad SMARTS) is 1. The van der Waals surface area contributed by atoms with Crippen molar-refractivity contribution in [3.63, 3.8) is 0 Å². The van der Waals surface area contributed by atoms with E-state index in [0.29, 0.717) is 11.1 Å². The van der Waals surface area contributed by atoms with Gasteiger partial charge in [0.25, 0.3) is 0 Å². The molecule has 4 nitrogen and oxygen atoms in total. The fourth-order valence-corrected chi connectivity index (χ4v) is 3.93. The van der Waals surface area contributed by atoms with E-state index in [1.807, 2.05) is 30.3 Å². The number of carboxylic acids is 1. The van der Waals surface area contributed by atoms with E-state index < -0.39 is 29.2 Å². The first-order valence-electron chi connectivity index (χ1n) is 8.70. The zero-order chi connectivity index (χ0) is 20.3. The Morgan fingerprint density at radius 1 is 1.14 bits per heavy atom. The van der Waals surface area contributed by atoms with Crippen LogP contribution >= 0.6 is 0 Å². The molecule has 0 radical (unpaired) electrons. The summed E-state index contributed by atoms with van der Waals surface area (Å²) in [4.78, 5) is 16.1. The van der Waals surface area contributed by atoms with Crippen LogP contribution in [0.15, 0.2) is 48.8 Å². The summed E-state index contributed by atoms with van der Waals surface area (Å²) in [5.41, 5.74) is 1.02. The molecule has 0 spiro atoms. The van der Waals surface area contributed by atoms with Gasteiger partial charge in [-0.15, -0.1) is 0 Å². The Morgan fingerprint density at radius 2 is 1.86 bits per heavy atom. The molecule has 0 saturated heterocycles. The van der Waals surface area contributed by atoms with Gasteiger partial charge in [0.1, 0.15) is 11.3 Å². The summed E-state index contributed by atoms with van der Waals surface area (Å²) >= 11 is 0. The largest absolute Gasteiger partial charge is 0.481 e. The maximum atomic E-state index is 13.4. The van der Waals surface area contributed by atoms with Crippen molar-refractivity contribution >= 4 is 23.3 Å². The van der Waals surface area contributed by atoms with Crippen molar-refractivity contribution in [3.8, 4) is 0 Å². The van der Waals surface area contributed by atoms with Crippen LogP contribution in [0.3, 0.4) is 0 Å². The first-order chi connectivity index (χ1) is 13.1. The van der Waals surface area contributed by atoms with Gasteiger partial charge in [0.2, 0.25) is 0 Å². The van der Waals surface area contributed by atoms with Gasteiger partial charge in [-0.1, -0.05) is 30.3 Å². The summed E-state index contributed by atoms with van der Waals surface area (Å²) in [6.45, 7) is 3.26. The Morgan fingerprint density at radius 3 is 2.54 bits per heavy atom. The number of halogens is 3. The van der Waals surface area contributed by atoms with E-state index in [2.05, 4.69) is 4.98 Å². The SMILES string of the molecule is CC(C)(C(=O)O)C1C(c2ccc(C(F)(F)F)n3ccnc23)=Cc2ccccc21. The molecule has 2 aromatic heterocycles. The Balaban J connectivity index is 1.97. The van der Waals surface area contributed by atoms with Crippen molar-refractivity contribution in [2.24, 2.45) is 5.41 Å². The van der Waals surface area contributed by atoms with Crippen LogP contribution < -0.4 is 0 Å². The summed E-state index contributed by atoms with van der Waals surface area (Å²) < 4.78 is 41.1. The van der Waals surface area contributed by atoms with E-state index in [0.717, 1.165) is 21.6 Å². The van der Waals surface area contributed by atoms with Crippen LogP contribution in [0.25, 0.3) is 17.3 Å². The number of allylic oxidation sites excluding steroid dienone is 1. The van der Waals surface area contributed by atoms with Crippen molar-refractivity contribution in [2.75, 3.05) is 0 Å². The minimum atomic E-state index is -4.52. The molecule has 28 heavy (non-hydrogen) atoms. The van der Waals surface area contributed by atoms with E-state index >= 15 is 0 Å². The average Bonchev–Trinajstić information content (AvgIpc) is 3.24. The normalized spacial score (nSPS) is 16.9. The number of hydrogen-bond acceptors (Lipinski definition) is 2. The van der Waals surface area contributed by atoms with Gasteiger partial charge in [-0.3, -0.25) is 9.20 Å². The number of nitrogens with zero attached hydrogens (tertiary/aromatic N) is 2. The summed E-state index contributed by atoms with van der Waals surface area (Å²) in [5, 5.41) is 9.82. The summed E-state index contributed by atoms with van der Waals surface area (Å²) in [5.74, 6) is -1.50. The number of alkyl halides is 3. The first-order valence-corrected chi connectivity index (χ1v) is 8.70. The van der Waals surface area contributed by atoms with Crippen LogP contribution in [-0.4, -0.2) is 20.5 Å². The molecule has 4 rings (SSSR count). The van der Waals surface area contributed by atoms with Crippen molar-refractivity contribution in [2.45, 2.75) is 25.9 Å². The summed E-state index contributed by atoms with van der Waals surface area (Å²) in [7, 11) is 0. The second-order valence-electron chi connectivity index (χ2n) is 7.44. The Kier molecular flexibility index (Phi) is 3.89. The van der Waals surface area contributed by atoms with Gasteiger partial charge in [-0.2, -0.15) is 13.2 Å². The second kappa shape index (κ2) is 5.95. The van der Waals surface area contributed by atoms with Crippen LogP contribution in [0.5, 0.6) is 0 Å². The number of pyridine rings is 1. The van der Waals surface area contributed by atoms with Gasteiger partial charge in [0, 0.05) is 23.9 Å². The minimum absolute atomic E-state index is 0.153. The fourth-order valence-electron chi connectivity index (χ4n) is 3.93. The average molecular weight is 386 g/mol. The highest BCUT2D eigenvalue weighted by Gasteiger charge is 2.44. The van der Waals surface area contributed by atoms with Crippen LogP contribution in [0, 0.1) is 5.41 Å². The molecule has 144 valence electrons. The number of rotatable bonds is 3. The highest BCUT2D eigenvalue weighted by Crippen LogP contribution is 2.52. The molecule has 1 atom stereocenters. The smallest absolute Gasteiger partial charge is 0.431 e. The third kappa shape index (κ3) is 2.61. The first kappa shape index (κ1) is 18.3. The van der Waals surface area contributed by atoms with E-state index in [4.69, 9.17) is 0 Å². The molecule has 0 amide bonds. The predicted molar refractivity (Wildman–Crippen MR) is 98.7 cm³/mol. The number of imidazole rings is 1. The number of aliphatic carboxylic acids is 1. The molecule has 1 unspecified atom stereocenters. The molecule has 2 heterocycles. The number of fused-ring (bicyclic) bond motifs is 2. The Labute approximate surface area is 159 Å². The maximum absolute atomic E-state index is 13.4. The lowest BCUT2D eigenvalue weighted by molar-refractivity contribution is -0.147. The van der Waals surface area contributed by atoms with Crippen LogP contribution in [0.2, 0.25) is 0 Å². The van der Waals surface area contributed by atoms with E-state index in [9.17, 15) is 23.1 Å². The second-order valence-corrected chi connectivity index (χ2v) is 7.44. The van der Waals surface area contributed by atoms with Gasteiger partial charge < -0.3 is 5.11 Å². The third-order valence-electron chi connectivity index (χ3n) is 5.35. The molecular formula is C21H17F3N2O2. The van der Waals surface area contributed by atoms with Gasteiger partial charge in [0.05, 0.1) is 5.41 Å². The molecule has 1 aliphatic rings. The number of hydrogen-bond donors (Lipinski definition) is 1. The van der Waals surface area contributed by atoms with E-state index in [1.54, 1.807) is 13.8 Å². The van der Waals surface area contributed by atoms with Gasteiger partial charge in [0.15, 0.2) is 0 Å². The van der Waals surface area contributed by atoms with Crippen LogP contribution in [0.1, 0.15) is 42.1 Å². The Bertz CT molecular complexity index is 1130. The van der Waals surface area contributed by atoms with Crippen LogP contribution in [0.4, 0.5) is 13.2 Å². The summed E-state index contributed by atoms with van der Waals surface area (Å²) in [6.07, 6.45) is -0.0953. The number of benzene rings is 1. The minimum Gasteiger partial charge on any atom is -0.481 e. The zero-order valence-electron chi connectivity index (χ0n) is 15.2. The summed E-state index contributed by atoms with van der Waals surface area (Å²) in [6, 6.07) is 9.81. The van der Waals surface area contributed by atoms with Crippen molar-refractivity contribution in [3.05, 3.63) is 71.2 Å². The lowest BCUT2D eigenvalue weighted by atomic mass is 9.71. The monoisotopic (exact) mass is 386 g/mol. The molecule has 0 fully saturated rings. The van der Waals surface area contributed by atoms with Crippen molar-refractivity contribution < 1.29 is 23.1 Å². The number of carbonyl (C=O) groups is 1. The lowest BCUT2D eigenvalue weighted by Crippen LogP contribution is -2.31. The van der Waals surface area contributed by atoms with E-state index in [1.165, 1.54) is 18.5 Å². The van der Waals surface area contributed by atoms with Gasteiger partial charge in [-0.05, 0) is 42.7 Å². The highest BCUT2D eigenvalue weighted by molar-refractivity contribution is 5.98. The van der Waals surface area contributed by atoms with Gasteiger partial charge in [-0.25, -0.2) is 4.98 Å². The quantitative estimate of drug-likeness (QED) is 0.681. The third-order valence-corrected chi connectivity index (χ3v) is 5.35.